The molecule has 0 saturated carbocycles. The van der Waals surface area contributed by atoms with E-state index in [1.165, 1.54) is 0 Å². The number of terminal acetylenes is 1. The summed E-state index contributed by atoms with van der Waals surface area (Å²) in [6.45, 7) is 6.86. The molecule has 1 heterocycles. The van der Waals surface area contributed by atoms with Gasteiger partial charge in [0, 0.05) is 13.0 Å². The van der Waals surface area contributed by atoms with E-state index in [0.717, 1.165) is 46.7 Å². The molecule has 0 fully saturated rings. The fourth-order valence-electron chi connectivity index (χ4n) is 2.51. The lowest BCUT2D eigenvalue weighted by molar-refractivity contribution is -0.120. The average Bonchev–Trinajstić information content (AvgIpc) is 3.09. The van der Waals surface area contributed by atoms with Crippen LogP contribution in [0.15, 0.2) is 48.0 Å². The number of unbranched alkanes of at least 4 members (excludes halogenated alkanes) is 2. The Morgan fingerprint density at radius 1 is 1.43 bits per heavy atom. The van der Waals surface area contributed by atoms with Crippen LogP contribution in [0.5, 0.6) is 5.75 Å². The Morgan fingerprint density at radius 3 is 3.00 bits per heavy atom. The number of nitrogens with zero attached hydrogens (tertiary/aromatic N) is 1. The molecule has 0 atom stereocenters. The Balaban J connectivity index is 1.83. The molecule has 0 aliphatic heterocycles. The minimum atomic E-state index is -0.0417. The number of ether oxygens (including phenoxy) is 1. The van der Waals surface area contributed by atoms with Crippen molar-refractivity contribution < 1.29 is 9.53 Å². The van der Waals surface area contributed by atoms with Crippen molar-refractivity contribution in [3.8, 4) is 18.1 Å². The fourth-order valence-corrected chi connectivity index (χ4v) is 3.28. The van der Waals surface area contributed by atoms with Crippen LogP contribution in [0.2, 0.25) is 0 Å². The number of benzene rings is 1. The largest absolute Gasteiger partial charge is 0.494 e. The Bertz CT molecular complexity index is 861. The molecule has 0 saturated heterocycles. The summed E-state index contributed by atoms with van der Waals surface area (Å²) in [6, 6.07) is 7.64. The average molecular weight is 395 g/mol. The van der Waals surface area contributed by atoms with Gasteiger partial charge in [-0.3, -0.25) is 4.79 Å². The van der Waals surface area contributed by atoms with Crippen molar-refractivity contribution >= 4 is 23.3 Å². The first-order chi connectivity index (χ1) is 13.6. The van der Waals surface area contributed by atoms with E-state index in [0.29, 0.717) is 19.6 Å². The number of carbonyl (C=O) groups excluding carboxylic acids is 1. The van der Waals surface area contributed by atoms with Crippen molar-refractivity contribution in [2.75, 3.05) is 13.2 Å². The van der Waals surface area contributed by atoms with E-state index in [2.05, 4.69) is 22.8 Å². The normalized spacial score (nSPS) is 10.9. The highest BCUT2D eigenvalue weighted by molar-refractivity contribution is 7.10. The van der Waals surface area contributed by atoms with Gasteiger partial charge in [0.2, 0.25) is 5.91 Å². The van der Waals surface area contributed by atoms with Crippen LogP contribution in [0.3, 0.4) is 0 Å². The second-order valence-corrected chi connectivity index (χ2v) is 7.22. The quantitative estimate of drug-likeness (QED) is 0.345. The van der Waals surface area contributed by atoms with Crippen LogP contribution in [-0.4, -0.2) is 24.0 Å². The number of hydrogen-bond acceptors (Lipinski definition) is 4. The van der Waals surface area contributed by atoms with E-state index in [1.54, 1.807) is 17.4 Å². The summed E-state index contributed by atoms with van der Waals surface area (Å²) < 4.78 is 5.73. The van der Waals surface area contributed by atoms with Crippen LogP contribution in [0.25, 0.3) is 6.08 Å². The number of aryl methyl sites for hydroxylation is 1. The highest BCUT2D eigenvalue weighted by atomic mass is 32.1. The van der Waals surface area contributed by atoms with Gasteiger partial charge < -0.3 is 10.1 Å². The molecular formula is C23H26N2O2S. The van der Waals surface area contributed by atoms with Gasteiger partial charge in [-0.25, -0.2) is 4.98 Å². The zero-order chi connectivity index (χ0) is 20.2. The summed E-state index contributed by atoms with van der Waals surface area (Å²) in [4.78, 5) is 17.6. The zero-order valence-electron chi connectivity index (χ0n) is 16.2. The summed E-state index contributed by atoms with van der Waals surface area (Å²) in [5.74, 6) is 3.36. The zero-order valence-corrected chi connectivity index (χ0v) is 17.1. The van der Waals surface area contributed by atoms with Crippen LogP contribution in [-0.2, 0) is 11.2 Å². The lowest BCUT2D eigenvalue weighted by Gasteiger charge is -2.09. The molecule has 1 aromatic carbocycles. The van der Waals surface area contributed by atoms with E-state index in [-0.39, 0.29) is 5.91 Å². The molecule has 2 rings (SSSR count). The van der Waals surface area contributed by atoms with E-state index in [4.69, 9.17) is 11.2 Å². The summed E-state index contributed by atoms with van der Waals surface area (Å²) in [7, 11) is 0. The monoisotopic (exact) mass is 394 g/mol. The molecule has 28 heavy (non-hydrogen) atoms. The third-order valence-electron chi connectivity index (χ3n) is 4.10. The van der Waals surface area contributed by atoms with Gasteiger partial charge in [-0.15, -0.1) is 23.7 Å². The maximum atomic E-state index is 12.3. The molecular weight excluding hydrogens is 368 g/mol. The topological polar surface area (TPSA) is 51.2 Å². The van der Waals surface area contributed by atoms with Gasteiger partial charge >= 0.3 is 0 Å². The number of thiazole rings is 1. The van der Waals surface area contributed by atoms with Crippen LogP contribution in [0.1, 0.15) is 35.4 Å². The number of aromatic nitrogens is 1. The SMILES string of the molecule is C#CCCCCOc1cccc(CC(=O)NC/C(C=C)=C/c2scnc2C)c1. The standard InChI is InChI=1S/C23H26N2O2S/c1-4-6-7-8-12-27-21-11-9-10-20(13-21)15-23(26)24-16-19(5-2)14-22-18(3)25-17-28-22/h1,5,9-11,13-14,17H,2,6-8,12,15-16H2,3H3,(H,24,26)/b19-14+. The molecule has 146 valence electrons. The first-order valence-corrected chi connectivity index (χ1v) is 10.2. The third-order valence-corrected chi connectivity index (χ3v) is 4.98. The minimum absolute atomic E-state index is 0.0417. The molecule has 0 unspecified atom stereocenters. The summed E-state index contributed by atoms with van der Waals surface area (Å²) in [6.07, 6.45) is 12.0. The highest BCUT2D eigenvalue weighted by Gasteiger charge is 2.06. The van der Waals surface area contributed by atoms with Crippen LogP contribution < -0.4 is 10.1 Å². The lowest BCUT2D eigenvalue weighted by atomic mass is 10.1. The predicted molar refractivity (Wildman–Crippen MR) is 116 cm³/mol. The van der Waals surface area contributed by atoms with E-state index >= 15 is 0 Å². The van der Waals surface area contributed by atoms with Crippen LogP contribution in [0.4, 0.5) is 0 Å². The molecule has 4 nitrogen and oxygen atoms in total. The van der Waals surface area contributed by atoms with Gasteiger partial charge in [-0.1, -0.05) is 24.8 Å². The number of amides is 1. The summed E-state index contributed by atoms with van der Waals surface area (Å²) >= 11 is 1.57. The van der Waals surface area contributed by atoms with E-state index in [1.807, 2.05) is 42.8 Å². The van der Waals surface area contributed by atoms with E-state index < -0.39 is 0 Å². The Hall–Kier alpha value is -2.84. The summed E-state index contributed by atoms with van der Waals surface area (Å²) in [5, 5.41) is 2.95. The van der Waals surface area contributed by atoms with Gasteiger partial charge in [0.1, 0.15) is 5.75 Å². The van der Waals surface area contributed by atoms with Gasteiger partial charge in [0.25, 0.3) is 0 Å². The van der Waals surface area contributed by atoms with Crippen molar-refractivity contribution in [3.05, 3.63) is 64.1 Å². The van der Waals surface area contributed by atoms with Crippen molar-refractivity contribution in [2.45, 2.75) is 32.6 Å². The first kappa shape index (κ1) is 21.5. The number of nitrogens with one attached hydrogen (secondary N) is 1. The number of carbonyl (C=O) groups is 1. The molecule has 0 spiro atoms. The molecule has 0 bridgehead atoms. The van der Waals surface area contributed by atoms with Crippen LogP contribution in [0, 0.1) is 19.3 Å². The number of rotatable bonds is 11. The van der Waals surface area contributed by atoms with Gasteiger partial charge in [0.15, 0.2) is 0 Å². The molecule has 1 amide bonds. The molecule has 1 N–H and O–H groups in total. The lowest BCUT2D eigenvalue weighted by Crippen LogP contribution is -2.26. The number of hydrogen-bond donors (Lipinski definition) is 1. The molecule has 5 heteroatoms. The van der Waals surface area contributed by atoms with Crippen molar-refractivity contribution in [3.63, 3.8) is 0 Å². The highest BCUT2D eigenvalue weighted by Crippen LogP contribution is 2.17. The van der Waals surface area contributed by atoms with Crippen LogP contribution >= 0.6 is 11.3 Å². The predicted octanol–water partition coefficient (Wildman–Crippen LogP) is 4.56. The van der Waals surface area contributed by atoms with Gasteiger partial charge in [-0.05, 0) is 49.1 Å². The smallest absolute Gasteiger partial charge is 0.224 e. The minimum Gasteiger partial charge on any atom is -0.494 e. The molecule has 0 radical (unpaired) electrons. The maximum absolute atomic E-state index is 12.3. The van der Waals surface area contributed by atoms with Crippen molar-refractivity contribution in [1.29, 1.82) is 0 Å². The molecule has 1 aromatic heterocycles. The molecule has 0 aliphatic rings. The van der Waals surface area contributed by atoms with Crippen molar-refractivity contribution in [2.24, 2.45) is 0 Å². The Labute approximate surface area is 171 Å². The third kappa shape index (κ3) is 7.42. The molecule has 0 aliphatic carbocycles. The maximum Gasteiger partial charge on any atom is 0.224 e. The van der Waals surface area contributed by atoms with E-state index in [9.17, 15) is 4.79 Å². The fraction of sp³-hybridized carbons (Fsp3) is 0.304. The summed E-state index contributed by atoms with van der Waals surface area (Å²) in [5.41, 5.74) is 4.66. The van der Waals surface area contributed by atoms with Gasteiger partial charge in [-0.2, -0.15) is 0 Å². The van der Waals surface area contributed by atoms with Crippen molar-refractivity contribution in [1.82, 2.24) is 10.3 Å². The van der Waals surface area contributed by atoms with Gasteiger partial charge in [0.05, 0.1) is 29.1 Å². The Kier molecular flexibility index (Phi) is 9.03. The Morgan fingerprint density at radius 2 is 2.29 bits per heavy atom. The molecule has 2 aromatic rings. The second kappa shape index (κ2) is 11.8. The second-order valence-electron chi connectivity index (χ2n) is 6.34. The first-order valence-electron chi connectivity index (χ1n) is 9.27.